The van der Waals surface area contributed by atoms with Crippen molar-refractivity contribution in [1.29, 1.82) is 0 Å². The van der Waals surface area contributed by atoms with Crippen LogP contribution in [0, 0.1) is 0 Å². The molecule has 5 heteroatoms. The lowest BCUT2D eigenvalue weighted by Gasteiger charge is -2.08. The van der Waals surface area contributed by atoms with Crippen molar-refractivity contribution in [3.05, 3.63) is 26.9 Å². The Morgan fingerprint density at radius 1 is 1.65 bits per heavy atom. The number of carbonyl (C=O) groups excluding carboxylic acids is 1. The predicted octanol–water partition coefficient (Wildman–Crippen LogP) is 2.82. The van der Waals surface area contributed by atoms with Gasteiger partial charge in [0.2, 0.25) is 5.91 Å². The molecule has 0 aliphatic carbocycles. The second-order valence-corrected chi connectivity index (χ2v) is 6.35. The Morgan fingerprint density at radius 2 is 2.53 bits per heavy atom. The van der Waals surface area contributed by atoms with Crippen LogP contribution in [0.2, 0.25) is 0 Å². The summed E-state index contributed by atoms with van der Waals surface area (Å²) in [6.07, 6.45) is 5.72. The summed E-state index contributed by atoms with van der Waals surface area (Å²) in [5.74, 6) is -0.0648. The average molecular weight is 316 g/mol. The van der Waals surface area contributed by atoms with Crippen molar-refractivity contribution in [2.45, 2.75) is 18.9 Å². The monoisotopic (exact) mass is 315 g/mol. The molecule has 3 nitrogen and oxygen atoms in total. The molecular formula is C12H14BrNO2S. The van der Waals surface area contributed by atoms with Gasteiger partial charge in [0.25, 0.3) is 0 Å². The van der Waals surface area contributed by atoms with Crippen molar-refractivity contribution >= 4 is 39.2 Å². The second kappa shape index (κ2) is 6.33. The van der Waals surface area contributed by atoms with Gasteiger partial charge in [-0.15, -0.1) is 11.3 Å². The maximum absolute atomic E-state index is 11.5. The van der Waals surface area contributed by atoms with Gasteiger partial charge in [-0.3, -0.25) is 4.79 Å². The molecule has 1 amide bonds. The summed E-state index contributed by atoms with van der Waals surface area (Å²) in [6, 6.07) is 3.94. The molecule has 2 heterocycles. The molecular weight excluding hydrogens is 302 g/mol. The van der Waals surface area contributed by atoms with Crippen LogP contribution in [0.5, 0.6) is 0 Å². The quantitative estimate of drug-likeness (QED) is 0.868. The van der Waals surface area contributed by atoms with Gasteiger partial charge in [0, 0.05) is 24.1 Å². The van der Waals surface area contributed by atoms with Gasteiger partial charge in [0.15, 0.2) is 0 Å². The van der Waals surface area contributed by atoms with E-state index in [0.717, 1.165) is 28.1 Å². The van der Waals surface area contributed by atoms with Crippen molar-refractivity contribution in [3.8, 4) is 0 Å². The van der Waals surface area contributed by atoms with E-state index in [1.807, 2.05) is 18.2 Å². The first-order valence-electron chi connectivity index (χ1n) is 5.57. The minimum Gasteiger partial charge on any atom is -0.376 e. The molecule has 17 heavy (non-hydrogen) atoms. The molecule has 1 unspecified atom stereocenters. The van der Waals surface area contributed by atoms with E-state index in [4.69, 9.17) is 4.74 Å². The summed E-state index contributed by atoms with van der Waals surface area (Å²) in [7, 11) is 0. The maximum Gasteiger partial charge on any atom is 0.244 e. The van der Waals surface area contributed by atoms with E-state index < -0.39 is 0 Å². The Bertz CT molecular complexity index is 410. The van der Waals surface area contributed by atoms with E-state index in [9.17, 15) is 4.79 Å². The zero-order valence-electron chi connectivity index (χ0n) is 9.32. The number of rotatable bonds is 4. The molecule has 0 saturated carbocycles. The van der Waals surface area contributed by atoms with E-state index >= 15 is 0 Å². The summed E-state index contributed by atoms with van der Waals surface area (Å²) in [6.45, 7) is 1.43. The van der Waals surface area contributed by atoms with Gasteiger partial charge in [0.05, 0.1) is 9.89 Å². The highest BCUT2D eigenvalue weighted by Gasteiger charge is 2.15. The fourth-order valence-electron chi connectivity index (χ4n) is 1.65. The van der Waals surface area contributed by atoms with Crippen LogP contribution in [0.15, 0.2) is 22.0 Å². The number of carbonyl (C=O) groups is 1. The molecule has 0 aromatic carbocycles. The van der Waals surface area contributed by atoms with E-state index in [0.29, 0.717) is 6.54 Å². The van der Waals surface area contributed by atoms with Gasteiger partial charge < -0.3 is 10.1 Å². The van der Waals surface area contributed by atoms with E-state index in [2.05, 4.69) is 21.2 Å². The van der Waals surface area contributed by atoms with Gasteiger partial charge in [-0.1, -0.05) is 0 Å². The third kappa shape index (κ3) is 4.26. The highest BCUT2D eigenvalue weighted by atomic mass is 79.9. The van der Waals surface area contributed by atoms with Gasteiger partial charge >= 0.3 is 0 Å². The normalized spacial score (nSPS) is 19.9. The number of thiophene rings is 1. The first-order chi connectivity index (χ1) is 8.24. The number of amides is 1. The minimum atomic E-state index is -0.0648. The van der Waals surface area contributed by atoms with Crippen LogP contribution in [-0.2, 0) is 9.53 Å². The van der Waals surface area contributed by atoms with Crippen LogP contribution < -0.4 is 5.32 Å². The summed E-state index contributed by atoms with van der Waals surface area (Å²) < 4.78 is 6.49. The lowest BCUT2D eigenvalue weighted by Crippen LogP contribution is -2.30. The smallest absolute Gasteiger partial charge is 0.244 e. The van der Waals surface area contributed by atoms with Crippen LogP contribution in [-0.4, -0.2) is 25.2 Å². The summed E-state index contributed by atoms with van der Waals surface area (Å²) in [5, 5.41) is 2.84. The number of hydrogen-bond donors (Lipinski definition) is 1. The van der Waals surface area contributed by atoms with Crippen molar-refractivity contribution in [2.24, 2.45) is 0 Å². The molecule has 1 atom stereocenters. The van der Waals surface area contributed by atoms with Gasteiger partial charge in [-0.25, -0.2) is 0 Å². The summed E-state index contributed by atoms with van der Waals surface area (Å²) >= 11 is 4.98. The predicted molar refractivity (Wildman–Crippen MR) is 73.0 cm³/mol. The van der Waals surface area contributed by atoms with Crippen molar-refractivity contribution in [3.63, 3.8) is 0 Å². The Morgan fingerprint density at radius 3 is 3.18 bits per heavy atom. The Balaban J connectivity index is 1.74. The number of nitrogens with one attached hydrogen (secondary N) is 1. The van der Waals surface area contributed by atoms with Crippen molar-refractivity contribution in [1.82, 2.24) is 5.32 Å². The van der Waals surface area contributed by atoms with E-state index in [1.54, 1.807) is 17.4 Å². The Labute approximate surface area is 113 Å². The van der Waals surface area contributed by atoms with Gasteiger partial charge in [-0.2, -0.15) is 0 Å². The highest BCUT2D eigenvalue weighted by molar-refractivity contribution is 9.11. The molecule has 0 spiro atoms. The average Bonchev–Trinajstić information content (AvgIpc) is 2.95. The van der Waals surface area contributed by atoms with Crippen LogP contribution in [0.3, 0.4) is 0 Å². The lowest BCUT2D eigenvalue weighted by molar-refractivity contribution is -0.116. The fourth-order valence-corrected chi connectivity index (χ4v) is 2.98. The van der Waals surface area contributed by atoms with Crippen LogP contribution >= 0.6 is 27.3 Å². The van der Waals surface area contributed by atoms with Crippen LogP contribution in [0.4, 0.5) is 0 Å². The lowest BCUT2D eigenvalue weighted by atomic mass is 10.2. The molecule has 1 aromatic rings. The van der Waals surface area contributed by atoms with Crippen LogP contribution in [0.1, 0.15) is 17.7 Å². The molecule has 0 radical (unpaired) electrons. The zero-order chi connectivity index (χ0) is 12.1. The Hall–Kier alpha value is -0.650. The standard InChI is InChI=1S/C12H14BrNO2S/c13-11-5-3-10(17-11)4-6-12(15)14-8-9-2-1-7-16-9/h3-6,9H,1-2,7-8H2,(H,14,15)/b6-4+. The maximum atomic E-state index is 11.5. The molecule has 1 aromatic heterocycles. The number of ether oxygens (including phenoxy) is 1. The molecule has 1 saturated heterocycles. The van der Waals surface area contributed by atoms with Crippen LogP contribution in [0.25, 0.3) is 6.08 Å². The fraction of sp³-hybridized carbons (Fsp3) is 0.417. The third-order valence-corrected chi connectivity index (χ3v) is 4.11. The molecule has 0 bridgehead atoms. The molecule has 1 fully saturated rings. The first kappa shape index (κ1) is 12.8. The first-order valence-corrected chi connectivity index (χ1v) is 7.18. The van der Waals surface area contributed by atoms with E-state index in [-0.39, 0.29) is 12.0 Å². The largest absolute Gasteiger partial charge is 0.376 e. The Kier molecular flexibility index (Phi) is 4.76. The van der Waals surface area contributed by atoms with E-state index in [1.165, 1.54) is 0 Å². The summed E-state index contributed by atoms with van der Waals surface area (Å²) in [4.78, 5) is 12.6. The second-order valence-electron chi connectivity index (χ2n) is 3.86. The highest BCUT2D eigenvalue weighted by Crippen LogP contribution is 2.22. The van der Waals surface area contributed by atoms with Gasteiger partial charge in [-0.05, 0) is 47.0 Å². The minimum absolute atomic E-state index is 0.0648. The van der Waals surface area contributed by atoms with Gasteiger partial charge in [0.1, 0.15) is 0 Å². The SMILES string of the molecule is O=C(/C=C/c1ccc(Br)s1)NCC1CCCO1. The molecule has 1 aliphatic rings. The third-order valence-electron chi connectivity index (χ3n) is 2.52. The molecule has 92 valence electrons. The van der Waals surface area contributed by atoms with Crippen molar-refractivity contribution in [2.75, 3.05) is 13.2 Å². The molecule has 1 N–H and O–H groups in total. The number of hydrogen-bond acceptors (Lipinski definition) is 3. The zero-order valence-corrected chi connectivity index (χ0v) is 11.7. The molecule has 1 aliphatic heterocycles. The molecule has 2 rings (SSSR count). The van der Waals surface area contributed by atoms with Crippen molar-refractivity contribution < 1.29 is 9.53 Å². The number of halogens is 1. The topological polar surface area (TPSA) is 38.3 Å². The summed E-state index contributed by atoms with van der Waals surface area (Å²) in [5.41, 5.74) is 0.